The number of aliphatic hydroxyl groups excluding tert-OH is 1. The molecule has 0 fully saturated rings. The van der Waals surface area contributed by atoms with Crippen molar-refractivity contribution in [3.63, 3.8) is 0 Å². The molecule has 0 radical (unpaired) electrons. The van der Waals surface area contributed by atoms with Crippen molar-refractivity contribution in [1.82, 2.24) is 9.55 Å². The molecule has 0 atom stereocenters. The van der Waals surface area contributed by atoms with Crippen molar-refractivity contribution < 1.29 is 5.11 Å². The highest BCUT2D eigenvalue weighted by Gasteiger charge is 2.12. The molecule has 0 saturated heterocycles. The van der Waals surface area contributed by atoms with Crippen molar-refractivity contribution in [2.75, 3.05) is 6.61 Å². The zero-order chi connectivity index (χ0) is 17.1. The number of aromatic nitrogens is 2. The van der Waals surface area contributed by atoms with E-state index in [1.807, 2.05) is 0 Å². The second-order valence-corrected chi connectivity index (χ2v) is 6.67. The Labute approximate surface area is 144 Å². The molecule has 0 bridgehead atoms. The first kappa shape index (κ1) is 16.7. The van der Waals surface area contributed by atoms with Crippen LogP contribution in [0.25, 0.3) is 11.0 Å². The van der Waals surface area contributed by atoms with Crippen LogP contribution in [-0.2, 0) is 19.4 Å². The van der Waals surface area contributed by atoms with Crippen LogP contribution in [0.3, 0.4) is 0 Å². The maximum atomic E-state index is 9.23. The summed E-state index contributed by atoms with van der Waals surface area (Å²) in [7, 11) is 0. The Morgan fingerprint density at radius 1 is 0.958 bits per heavy atom. The van der Waals surface area contributed by atoms with Crippen molar-refractivity contribution in [3.8, 4) is 0 Å². The molecule has 3 aromatic rings. The Bertz CT molecular complexity index is 831. The SMILES string of the molecule is Cc1ccc(CCc2nc3cc(C)c(C)cc3n2CCCO)cc1. The Balaban J connectivity index is 1.91. The topological polar surface area (TPSA) is 38.0 Å². The average Bonchev–Trinajstić information content (AvgIpc) is 2.89. The highest BCUT2D eigenvalue weighted by atomic mass is 16.3. The molecule has 126 valence electrons. The summed E-state index contributed by atoms with van der Waals surface area (Å²) in [5.74, 6) is 1.11. The first-order valence-electron chi connectivity index (χ1n) is 8.71. The molecule has 1 N–H and O–H groups in total. The van der Waals surface area contributed by atoms with Crippen LogP contribution in [0.1, 0.15) is 34.5 Å². The molecule has 0 amide bonds. The van der Waals surface area contributed by atoms with Crippen molar-refractivity contribution in [2.24, 2.45) is 0 Å². The van der Waals surface area contributed by atoms with Crippen LogP contribution >= 0.6 is 0 Å². The Morgan fingerprint density at radius 2 is 1.67 bits per heavy atom. The van der Waals surface area contributed by atoms with E-state index in [0.717, 1.165) is 37.1 Å². The second kappa shape index (κ2) is 7.18. The lowest BCUT2D eigenvalue weighted by atomic mass is 10.1. The maximum absolute atomic E-state index is 9.23. The Kier molecular flexibility index (Phi) is 5.00. The minimum Gasteiger partial charge on any atom is -0.396 e. The monoisotopic (exact) mass is 322 g/mol. The summed E-state index contributed by atoms with van der Waals surface area (Å²) in [6.07, 6.45) is 2.66. The molecular formula is C21H26N2O. The van der Waals surface area contributed by atoms with Crippen molar-refractivity contribution >= 4 is 11.0 Å². The standard InChI is InChI=1S/C21H26N2O/c1-15-5-7-18(8-6-15)9-10-21-22-19-13-16(2)17(3)14-20(19)23(21)11-4-12-24/h5-8,13-14,24H,4,9-12H2,1-3H3. The van der Waals surface area contributed by atoms with Gasteiger partial charge in [0.1, 0.15) is 5.82 Å². The molecule has 1 aromatic heterocycles. The summed E-state index contributed by atoms with van der Waals surface area (Å²) < 4.78 is 2.28. The molecular weight excluding hydrogens is 296 g/mol. The van der Waals surface area contributed by atoms with E-state index < -0.39 is 0 Å². The molecule has 0 aliphatic heterocycles. The average molecular weight is 322 g/mol. The molecule has 3 rings (SSSR count). The molecule has 2 aromatic carbocycles. The van der Waals surface area contributed by atoms with E-state index in [1.54, 1.807) is 0 Å². The van der Waals surface area contributed by atoms with E-state index >= 15 is 0 Å². The van der Waals surface area contributed by atoms with E-state index in [-0.39, 0.29) is 6.61 Å². The fraction of sp³-hybridized carbons (Fsp3) is 0.381. The van der Waals surface area contributed by atoms with Gasteiger partial charge in [-0.1, -0.05) is 29.8 Å². The third kappa shape index (κ3) is 3.51. The fourth-order valence-corrected chi connectivity index (χ4v) is 3.11. The van der Waals surface area contributed by atoms with Gasteiger partial charge in [-0.15, -0.1) is 0 Å². The summed E-state index contributed by atoms with van der Waals surface area (Å²) in [6.45, 7) is 7.42. The lowest BCUT2D eigenvalue weighted by Crippen LogP contribution is -2.07. The molecule has 0 aliphatic carbocycles. The number of aryl methyl sites for hydroxylation is 6. The highest BCUT2D eigenvalue weighted by Crippen LogP contribution is 2.22. The number of fused-ring (bicyclic) bond motifs is 1. The van der Waals surface area contributed by atoms with Crippen molar-refractivity contribution in [2.45, 2.75) is 46.6 Å². The molecule has 3 nitrogen and oxygen atoms in total. The van der Waals surface area contributed by atoms with Gasteiger partial charge in [-0.2, -0.15) is 0 Å². The van der Waals surface area contributed by atoms with Gasteiger partial charge in [-0.3, -0.25) is 0 Å². The van der Waals surface area contributed by atoms with Gasteiger partial charge in [0.15, 0.2) is 0 Å². The Morgan fingerprint density at radius 3 is 2.38 bits per heavy atom. The van der Waals surface area contributed by atoms with Gasteiger partial charge in [0.2, 0.25) is 0 Å². The lowest BCUT2D eigenvalue weighted by molar-refractivity contribution is 0.280. The van der Waals surface area contributed by atoms with Crippen LogP contribution in [0.4, 0.5) is 0 Å². The van der Waals surface area contributed by atoms with Gasteiger partial charge in [-0.05, 0) is 62.4 Å². The minimum absolute atomic E-state index is 0.210. The summed E-state index contributed by atoms with van der Waals surface area (Å²) in [6, 6.07) is 13.1. The number of benzene rings is 2. The van der Waals surface area contributed by atoms with Crippen LogP contribution in [0.15, 0.2) is 36.4 Å². The highest BCUT2D eigenvalue weighted by molar-refractivity contribution is 5.78. The summed E-state index contributed by atoms with van der Waals surface area (Å²) in [5, 5.41) is 9.23. The summed E-state index contributed by atoms with van der Waals surface area (Å²) >= 11 is 0. The largest absolute Gasteiger partial charge is 0.396 e. The maximum Gasteiger partial charge on any atom is 0.110 e. The van der Waals surface area contributed by atoms with Gasteiger partial charge < -0.3 is 9.67 Å². The van der Waals surface area contributed by atoms with E-state index in [1.165, 1.54) is 27.8 Å². The summed E-state index contributed by atoms with van der Waals surface area (Å²) in [5.41, 5.74) is 7.45. The normalized spacial score (nSPS) is 11.3. The fourth-order valence-electron chi connectivity index (χ4n) is 3.11. The van der Waals surface area contributed by atoms with Crippen molar-refractivity contribution in [3.05, 3.63) is 64.5 Å². The number of hydrogen-bond donors (Lipinski definition) is 1. The minimum atomic E-state index is 0.210. The van der Waals surface area contributed by atoms with Crippen LogP contribution in [0.2, 0.25) is 0 Å². The molecule has 24 heavy (non-hydrogen) atoms. The number of hydrogen-bond acceptors (Lipinski definition) is 2. The van der Waals surface area contributed by atoms with Crippen molar-refractivity contribution in [1.29, 1.82) is 0 Å². The van der Waals surface area contributed by atoms with Crippen LogP contribution in [0.5, 0.6) is 0 Å². The zero-order valence-electron chi connectivity index (χ0n) is 14.8. The number of aliphatic hydroxyl groups is 1. The van der Waals surface area contributed by atoms with Gasteiger partial charge in [0, 0.05) is 19.6 Å². The molecule has 0 saturated carbocycles. The van der Waals surface area contributed by atoms with E-state index in [0.29, 0.717) is 0 Å². The molecule has 0 spiro atoms. The van der Waals surface area contributed by atoms with Crippen LogP contribution in [0, 0.1) is 20.8 Å². The number of rotatable bonds is 6. The van der Waals surface area contributed by atoms with Crippen LogP contribution in [-0.4, -0.2) is 21.3 Å². The van der Waals surface area contributed by atoms with Crippen LogP contribution < -0.4 is 0 Å². The quantitative estimate of drug-likeness (QED) is 0.741. The predicted octanol–water partition coefficient (Wildman–Crippen LogP) is 4.13. The predicted molar refractivity (Wildman–Crippen MR) is 99.5 cm³/mol. The van der Waals surface area contributed by atoms with E-state index in [2.05, 4.69) is 61.7 Å². The molecule has 3 heteroatoms. The Hall–Kier alpha value is -2.13. The third-order valence-electron chi connectivity index (χ3n) is 4.74. The lowest BCUT2D eigenvalue weighted by Gasteiger charge is -2.09. The first-order valence-corrected chi connectivity index (χ1v) is 8.71. The van der Waals surface area contributed by atoms with Gasteiger partial charge >= 0.3 is 0 Å². The van der Waals surface area contributed by atoms with Gasteiger partial charge in [-0.25, -0.2) is 4.98 Å². The molecule has 0 unspecified atom stereocenters. The third-order valence-corrected chi connectivity index (χ3v) is 4.74. The summed E-state index contributed by atoms with van der Waals surface area (Å²) in [4.78, 5) is 4.88. The number of imidazole rings is 1. The molecule has 0 aliphatic rings. The molecule has 1 heterocycles. The van der Waals surface area contributed by atoms with E-state index in [9.17, 15) is 5.11 Å². The van der Waals surface area contributed by atoms with Gasteiger partial charge in [0.25, 0.3) is 0 Å². The van der Waals surface area contributed by atoms with E-state index in [4.69, 9.17) is 4.98 Å². The van der Waals surface area contributed by atoms with Gasteiger partial charge in [0.05, 0.1) is 11.0 Å². The smallest absolute Gasteiger partial charge is 0.110 e. The second-order valence-electron chi connectivity index (χ2n) is 6.67. The number of nitrogens with zero attached hydrogens (tertiary/aromatic N) is 2. The first-order chi connectivity index (χ1) is 11.6. The zero-order valence-corrected chi connectivity index (χ0v) is 14.8.